The zero-order valence-corrected chi connectivity index (χ0v) is 22.8. The van der Waals surface area contributed by atoms with Gasteiger partial charge in [-0.05, 0) is 54.7 Å². The van der Waals surface area contributed by atoms with Crippen LogP contribution in [-0.2, 0) is 29.0 Å². The van der Waals surface area contributed by atoms with Crippen LogP contribution in [0.4, 0.5) is 0 Å². The van der Waals surface area contributed by atoms with Gasteiger partial charge in [0.25, 0.3) is 0 Å². The molecule has 0 aromatic heterocycles. The Morgan fingerprint density at radius 2 is 1.58 bits per heavy atom. The summed E-state index contributed by atoms with van der Waals surface area (Å²) in [6.45, 7) is 4.15. The molecule has 4 nitrogen and oxygen atoms in total. The smallest absolute Gasteiger partial charge is 0.243 e. The molecule has 0 spiro atoms. The molecule has 3 aromatic rings. The lowest BCUT2D eigenvalue weighted by molar-refractivity contribution is -0.141. The molecule has 190 valence electrons. The Labute approximate surface area is 228 Å². The van der Waals surface area contributed by atoms with Crippen LogP contribution in [0.25, 0.3) is 0 Å². The van der Waals surface area contributed by atoms with E-state index >= 15 is 0 Å². The van der Waals surface area contributed by atoms with Crippen molar-refractivity contribution < 1.29 is 9.59 Å². The molecule has 0 heterocycles. The summed E-state index contributed by atoms with van der Waals surface area (Å²) in [7, 11) is 0. The first-order chi connectivity index (χ1) is 17.3. The van der Waals surface area contributed by atoms with E-state index in [0.29, 0.717) is 27.9 Å². The van der Waals surface area contributed by atoms with Crippen molar-refractivity contribution in [2.75, 3.05) is 0 Å². The van der Waals surface area contributed by atoms with Crippen molar-refractivity contribution in [1.29, 1.82) is 0 Å². The van der Waals surface area contributed by atoms with Crippen LogP contribution in [-0.4, -0.2) is 28.8 Å². The van der Waals surface area contributed by atoms with Crippen molar-refractivity contribution in [2.45, 2.75) is 58.2 Å². The number of amides is 2. The topological polar surface area (TPSA) is 49.4 Å². The second-order valence-electron chi connectivity index (χ2n) is 8.87. The van der Waals surface area contributed by atoms with Gasteiger partial charge in [-0.3, -0.25) is 9.59 Å². The Bertz CT molecular complexity index is 1170. The van der Waals surface area contributed by atoms with Crippen molar-refractivity contribution in [3.8, 4) is 0 Å². The van der Waals surface area contributed by atoms with Crippen LogP contribution in [0.1, 0.15) is 43.4 Å². The summed E-state index contributed by atoms with van der Waals surface area (Å²) in [5.41, 5.74) is 2.58. The molecular formula is C29H31Cl3N2O2. The fourth-order valence-corrected chi connectivity index (χ4v) is 4.61. The molecule has 0 fully saturated rings. The molecule has 0 saturated heterocycles. The summed E-state index contributed by atoms with van der Waals surface area (Å²) in [5.74, 6) is -0.342. The quantitative estimate of drug-likeness (QED) is 0.278. The maximum absolute atomic E-state index is 13.7. The predicted octanol–water partition coefficient (Wildman–Crippen LogP) is 7.13. The average molecular weight is 546 g/mol. The van der Waals surface area contributed by atoms with Gasteiger partial charge in [-0.1, -0.05) is 96.3 Å². The van der Waals surface area contributed by atoms with Crippen molar-refractivity contribution in [1.82, 2.24) is 10.2 Å². The molecule has 0 aliphatic heterocycles. The van der Waals surface area contributed by atoms with E-state index in [1.165, 1.54) is 0 Å². The minimum Gasteiger partial charge on any atom is -0.352 e. The van der Waals surface area contributed by atoms with Gasteiger partial charge in [-0.25, -0.2) is 0 Å². The lowest BCUT2D eigenvalue weighted by atomic mass is 10.0. The molecule has 2 amide bonds. The van der Waals surface area contributed by atoms with Gasteiger partial charge in [0.2, 0.25) is 11.8 Å². The molecule has 3 rings (SSSR count). The first-order valence-electron chi connectivity index (χ1n) is 12.1. The predicted molar refractivity (Wildman–Crippen MR) is 149 cm³/mol. The maximum atomic E-state index is 13.7. The SMILES string of the molecule is CC[C@H](C)NC(=O)[C@@H](Cc1ccccc1)N(Cc1ccc(Cl)cc1Cl)C(=O)CCc1ccccc1Cl. The normalized spacial score (nSPS) is 12.6. The molecule has 0 saturated carbocycles. The number of hydrogen-bond acceptors (Lipinski definition) is 2. The van der Waals surface area contributed by atoms with Crippen LogP contribution >= 0.6 is 34.8 Å². The van der Waals surface area contributed by atoms with E-state index in [4.69, 9.17) is 34.8 Å². The Hall–Kier alpha value is -2.53. The average Bonchev–Trinajstić information content (AvgIpc) is 2.87. The third kappa shape index (κ3) is 7.99. The summed E-state index contributed by atoms with van der Waals surface area (Å²) in [6.07, 6.45) is 1.84. The highest BCUT2D eigenvalue weighted by molar-refractivity contribution is 6.35. The van der Waals surface area contributed by atoms with Crippen LogP contribution in [0.5, 0.6) is 0 Å². The Kier molecular flexibility index (Phi) is 10.7. The molecule has 0 radical (unpaired) electrons. The lowest BCUT2D eigenvalue weighted by Crippen LogP contribution is -2.52. The molecule has 0 aliphatic rings. The summed E-state index contributed by atoms with van der Waals surface area (Å²) in [4.78, 5) is 28.9. The highest BCUT2D eigenvalue weighted by Crippen LogP contribution is 2.25. The van der Waals surface area contributed by atoms with E-state index in [2.05, 4.69) is 5.32 Å². The molecule has 1 N–H and O–H groups in total. The van der Waals surface area contributed by atoms with Crippen LogP contribution in [0.2, 0.25) is 15.1 Å². The number of rotatable bonds is 11. The van der Waals surface area contributed by atoms with Crippen molar-refractivity contribution in [2.24, 2.45) is 0 Å². The third-order valence-corrected chi connectivity index (χ3v) is 7.15. The van der Waals surface area contributed by atoms with E-state index < -0.39 is 6.04 Å². The number of hydrogen-bond donors (Lipinski definition) is 1. The minimum absolute atomic E-state index is 0.0185. The molecule has 7 heteroatoms. The summed E-state index contributed by atoms with van der Waals surface area (Å²) in [6, 6.07) is 21.6. The molecule has 2 atom stereocenters. The highest BCUT2D eigenvalue weighted by Gasteiger charge is 2.31. The van der Waals surface area contributed by atoms with Crippen LogP contribution in [0.15, 0.2) is 72.8 Å². The first-order valence-corrected chi connectivity index (χ1v) is 13.2. The van der Waals surface area contributed by atoms with Gasteiger partial charge in [-0.2, -0.15) is 0 Å². The Balaban J connectivity index is 1.95. The van der Waals surface area contributed by atoms with Crippen molar-refractivity contribution in [3.05, 3.63) is 105 Å². The van der Waals surface area contributed by atoms with Gasteiger partial charge in [0, 0.05) is 40.5 Å². The number of nitrogens with zero attached hydrogens (tertiary/aromatic N) is 1. The first kappa shape index (κ1) is 28.0. The molecule has 0 bridgehead atoms. The Morgan fingerprint density at radius 1 is 0.889 bits per heavy atom. The fraction of sp³-hybridized carbons (Fsp3) is 0.310. The van der Waals surface area contributed by atoms with E-state index in [0.717, 1.165) is 23.1 Å². The van der Waals surface area contributed by atoms with Gasteiger partial charge in [0.05, 0.1) is 0 Å². The van der Waals surface area contributed by atoms with Gasteiger partial charge in [0.1, 0.15) is 6.04 Å². The number of aryl methyl sites for hydroxylation is 1. The van der Waals surface area contributed by atoms with Crippen molar-refractivity contribution in [3.63, 3.8) is 0 Å². The van der Waals surface area contributed by atoms with E-state index in [-0.39, 0.29) is 30.8 Å². The van der Waals surface area contributed by atoms with Crippen LogP contribution in [0, 0.1) is 0 Å². The zero-order valence-electron chi connectivity index (χ0n) is 20.5. The van der Waals surface area contributed by atoms with Crippen molar-refractivity contribution >= 4 is 46.6 Å². The monoisotopic (exact) mass is 544 g/mol. The summed E-state index contributed by atoms with van der Waals surface area (Å²) < 4.78 is 0. The summed E-state index contributed by atoms with van der Waals surface area (Å²) >= 11 is 18.9. The number of nitrogens with one attached hydrogen (secondary N) is 1. The van der Waals surface area contributed by atoms with Crippen LogP contribution < -0.4 is 5.32 Å². The number of carbonyl (C=O) groups excluding carboxylic acids is 2. The molecule has 36 heavy (non-hydrogen) atoms. The fourth-order valence-electron chi connectivity index (χ4n) is 3.91. The zero-order chi connectivity index (χ0) is 26.1. The van der Waals surface area contributed by atoms with Gasteiger partial charge in [0.15, 0.2) is 0 Å². The largest absolute Gasteiger partial charge is 0.352 e. The highest BCUT2D eigenvalue weighted by atomic mass is 35.5. The third-order valence-electron chi connectivity index (χ3n) is 6.19. The van der Waals surface area contributed by atoms with Gasteiger partial charge in [-0.15, -0.1) is 0 Å². The molecule has 0 unspecified atom stereocenters. The van der Waals surface area contributed by atoms with Crippen LogP contribution in [0.3, 0.4) is 0 Å². The second-order valence-corrected chi connectivity index (χ2v) is 10.1. The van der Waals surface area contributed by atoms with Gasteiger partial charge < -0.3 is 10.2 Å². The van der Waals surface area contributed by atoms with E-state index in [1.54, 1.807) is 23.1 Å². The number of carbonyl (C=O) groups is 2. The standard InChI is InChI=1S/C29H31Cl3N2O2/c1-3-20(2)33-29(36)27(17-21-9-5-4-6-10-21)34(19-23-13-15-24(30)18-26(23)32)28(35)16-14-22-11-7-8-12-25(22)31/h4-13,15,18,20,27H,3,14,16-17,19H2,1-2H3,(H,33,36)/t20-,27+/m0/s1. The summed E-state index contributed by atoms with van der Waals surface area (Å²) in [5, 5.41) is 4.65. The number of halogens is 3. The molecule has 3 aromatic carbocycles. The minimum atomic E-state index is -0.716. The maximum Gasteiger partial charge on any atom is 0.243 e. The molecule has 0 aliphatic carbocycles. The van der Waals surface area contributed by atoms with Gasteiger partial charge >= 0.3 is 0 Å². The van der Waals surface area contributed by atoms with E-state index in [9.17, 15) is 9.59 Å². The number of benzene rings is 3. The Morgan fingerprint density at radius 3 is 2.25 bits per heavy atom. The lowest BCUT2D eigenvalue weighted by Gasteiger charge is -2.32. The molecular weight excluding hydrogens is 515 g/mol. The second kappa shape index (κ2) is 13.7. The van der Waals surface area contributed by atoms with E-state index in [1.807, 2.05) is 68.4 Å².